The van der Waals surface area contributed by atoms with Gasteiger partial charge >= 0.3 is 26.2 Å². The van der Waals surface area contributed by atoms with Crippen LogP contribution < -0.4 is 0 Å². The van der Waals surface area contributed by atoms with Crippen LogP contribution in [0.2, 0.25) is 18.1 Å². The van der Waals surface area contributed by atoms with E-state index < -0.39 is 8.07 Å². The standard InChI is InChI=1S/C9H17Si.2C5H5.CH4O.Zr/c1-7-8-10(5,6)9(2,3)4;2*1-2-4-5-3-1;1-2;/h1H2,2-6H3;2*1-5H;2H,1H3;/q-1;;;;+3. The van der Waals surface area contributed by atoms with E-state index in [0.29, 0.717) is 5.04 Å². The maximum Gasteiger partial charge on any atom is 3.00 e. The Bertz CT molecular complexity index is 264. The second kappa shape index (κ2) is 17.3. The molecule has 1 N–H and O–H groups in total. The third kappa shape index (κ3) is 17.1. The first kappa shape index (κ1) is 28.3. The predicted octanol–water partition coefficient (Wildman–Crippen LogP) is 4.52. The van der Waals surface area contributed by atoms with Gasteiger partial charge in [0.25, 0.3) is 0 Å². The van der Waals surface area contributed by atoms with Gasteiger partial charge in [0, 0.05) is 15.2 Å². The number of aliphatic hydroxyl groups is 1. The van der Waals surface area contributed by atoms with Crippen LogP contribution in [-0.4, -0.2) is 20.3 Å². The van der Waals surface area contributed by atoms with E-state index in [1.165, 1.54) is 0 Å². The zero-order valence-corrected chi connectivity index (χ0v) is 18.9. The van der Waals surface area contributed by atoms with E-state index in [4.69, 9.17) is 5.11 Å². The summed E-state index contributed by atoms with van der Waals surface area (Å²) in [5, 5.41) is 7.37. The van der Waals surface area contributed by atoms with Crippen LogP contribution in [0.5, 0.6) is 0 Å². The molecule has 0 heterocycles. The molecule has 0 aromatic rings. The zero-order chi connectivity index (χ0) is 17.5. The monoisotopic (exact) mass is 405 g/mol. The van der Waals surface area contributed by atoms with E-state index in [9.17, 15) is 0 Å². The summed E-state index contributed by atoms with van der Waals surface area (Å²) < 4.78 is 0. The van der Waals surface area contributed by atoms with E-state index in [0.717, 1.165) is 7.11 Å². The zero-order valence-electron chi connectivity index (χ0n) is 15.4. The molecule has 0 aromatic carbocycles. The molecule has 11 radical (unpaired) electrons. The van der Waals surface area contributed by atoms with Crippen LogP contribution in [0.1, 0.15) is 20.8 Å². The van der Waals surface area contributed by atoms with Crippen molar-refractivity contribution in [2.75, 3.05) is 7.11 Å². The smallest absolute Gasteiger partial charge is 0.400 e. The molecule has 23 heavy (non-hydrogen) atoms. The molecule has 2 fully saturated rings. The molecular formula is C20H31OSiZr+2. The fourth-order valence-electron chi connectivity index (χ4n) is 1.05. The summed E-state index contributed by atoms with van der Waals surface area (Å²) in [6.45, 7) is 14.9. The topological polar surface area (TPSA) is 20.2 Å². The van der Waals surface area contributed by atoms with Crippen molar-refractivity contribution in [3.63, 3.8) is 0 Å². The number of rotatable bonds is 0. The molecule has 0 saturated heterocycles. The van der Waals surface area contributed by atoms with Gasteiger partial charge in [-0.15, -0.1) is 0 Å². The normalized spacial score (nSPS) is 16.0. The Labute approximate surface area is 167 Å². The summed E-state index contributed by atoms with van der Waals surface area (Å²) in [6.07, 6.45) is 20.0. The number of hydrogen-bond acceptors (Lipinski definition) is 1. The molecule has 1 nitrogen and oxygen atoms in total. The third-order valence-electron chi connectivity index (χ3n) is 3.39. The van der Waals surface area contributed by atoms with Gasteiger partial charge in [0.2, 0.25) is 0 Å². The van der Waals surface area contributed by atoms with Gasteiger partial charge < -0.3 is 10.7 Å². The van der Waals surface area contributed by atoms with E-state index in [1.54, 1.807) is 0 Å². The minimum absolute atomic E-state index is 0. The average Bonchev–Trinajstić information content (AvgIpc) is 3.19. The van der Waals surface area contributed by atoms with Gasteiger partial charge in [-0.1, -0.05) is 33.9 Å². The molecule has 2 aliphatic carbocycles. The molecule has 3 heteroatoms. The molecule has 0 aliphatic heterocycles. The summed E-state index contributed by atoms with van der Waals surface area (Å²) in [5.41, 5.74) is 3.24. The molecular weight excluding hydrogens is 376 g/mol. The Morgan fingerprint density at radius 1 is 0.739 bits per heavy atom. The largest absolute Gasteiger partial charge is 3.00 e. The van der Waals surface area contributed by atoms with Crippen LogP contribution in [0.15, 0.2) is 0 Å². The van der Waals surface area contributed by atoms with Crippen LogP contribution >= 0.6 is 0 Å². The van der Waals surface area contributed by atoms with Crippen LogP contribution in [0.3, 0.4) is 0 Å². The Hall–Kier alpha value is 0.490. The number of aliphatic hydroxyl groups excluding tert-OH is 1. The summed E-state index contributed by atoms with van der Waals surface area (Å²) in [4.78, 5) is 0. The molecule has 2 saturated carbocycles. The van der Waals surface area contributed by atoms with E-state index >= 15 is 0 Å². The van der Waals surface area contributed by atoms with Crippen LogP contribution in [-0.2, 0) is 26.2 Å². The molecule has 2 aliphatic rings. The Morgan fingerprint density at radius 3 is 1.04 bits per heavy atom. The van der Waals surface area contributed by atoms with Gasteiger partial charge in [0.15, 0.2) is 0 Å². The first-order chi connectivity index (χ1) is 10.3. The van der Waals surface area contributed by atoms with Crippen LogP contribution in [0, 0.1) is 82.6 Å². The molecule has 0 spiro atoms. The van der Waals surface area contributed by atoms with Gasteiger partial charge in [-0.05, 0) is 69.2 Å². The first-order valence-corrected chi connectivity index (χ1v) is 10.4. The molecule has 0 amide bonds. The van der Waals surface area contributed by atoms with Crippen molar-refractivity contribution in [2.45, 2.75) is 38.9 Å². The molecule has 2 rings (SSSR count). The van der Waals surface area contributed by atoms with Gasteiger partial charge in [0.1, 0.15) is 0 Å². The van der Waals surface area contributed by atoms with Crippen molar-refractivity contribution in [1.82, 2.24) is 0 Å². The van der Waals surface area contributed by atoms with Crippen molar-refractivity contribution >= 4 is 8.07 Å². The van der Waals surface area contributed by atoms with E-state index in [1.807, 2.05) is 64.2 Å². The van der Waals surface area contributed by atoms with Crippen molar-refractivity contribution < 1.29 is 31.3 Å². The van der Waals surface area contributed by atoms with Gasteiger partial charge in [0.05, 0.1) is 0 Å². The Kier molecular flexibility index (Phi) is 21.3. The SMILES string of the molecule is CO.[CH2-]C#C[Si](C)(C)C(C)(C)C.[CH]1[CH][CH][CH][CH]1.[CH]1[CH][CH][CH][CH]1.[Zr+3]. The quantitative estimate of drug-likeness (QED) is 0.356. The summed E-state index contributed by atoms with van der Waals surface area (Å²) in [5.74, 6) is 2.78. The molecule has 0 unspecified atom stereocenters. The van der Waals surface area contributed by atoms with Crippen LogP contribution in [0.25, 0.3) is 0 Å². The fraction of sp³-hybridized carbons (Fsp3) is 0.350. The van der Waals surface area contributed by atoms with Gasteiger partial charge in [-0.2, -0.15) is 6.92 Å². The maximum absolute atomic E-state index is 7.00. The summed E-state index contributed by atoms with van der Waals surface area (Å²) >= 11 is 0. The average molecular weight is 407 g/mol. The van der Waals surface area contributed by atoms with Crippen molar-refractivity contribution in [2.24, 2.45) is 0 Å². The third-order valence-corrected chi connectivity index (χ3v) is 7.94. The predicted molar refractivity (Wildman–Crippen MR) is 101 cm³/mol. The van der Waals surface area contributed by atoms with Crippen molar-refractivity contribution in [3.05, 3.63) is 71.1 Å². The summed E-state index contributed by atoms with van der Waals surface area (Å²) in [7, 11) is -0.329. The van der Waals surface area contributed by atoms with E-state index in [2.05, 4.69) is 52.3 Å². The Morgan fingerprint density at radius 2 is 0.957 bits per heavy atom. The maximum atomic E-state index is 7.00. The van der Waals surface area contributed by atoms with Crippen LogP contribution in [0.4, 0.5) is 0 Å². The van der Waals surface area contributed by atoms with Crippen molar-refractivity contribution in [1.29, 1.82) is 0 Å². The van der Waals surface area contributed by atoms with Gasteiger partial charge in [-0.25, -0.2) is 0 Å². The molecule has 0 bridgehead atoms. The second-order valence-corrected chi connectivity index (χ2v) is 11.1. The molecule has 0 aromatic heterocycles. The molecule has 123 valence electrons. The minimum Gasteiger partial charge on any atom is -0.400 e. The first-order valence-electron chi connectivity index (χ1n) is 7.38. The van der Waals surface area contributed by atoms with E-state index in [-0.39, 0.29) is 26.2 Å². The minimum atomic E-state index is -1.33. The molecule has 0 atom stereocenters. The van der Waals surface area contributed by atoms with Crippen molar-refractivity contribution in [3.8, 4) is 11.5 Å². The fourth-order valence-corrected chi connectivity index (χ4v) is 1.87. The number of hydrogen-bond donors (Lipinski definition) is 1. The summed E-state index contributed by atoms with van der Waals surface area (Å²) in [6, 6.07) is 0. The second-order valence-electron chi connectivity index (χ2n) is 6.10. The van der Waals surface area contributed by atoms with Gasteiger partial charge in [-0.3, -0.25) is 5.92 Å². The Balaban J connectivity index is -0.000000259.